The SMILES string of the molecule is CCC1=NC(SCC(=O)Nc2ccc(Cl)cc2Cl)c2cc(CC)sc2N1. The number of rotatable bonds is 6. The Hall–Kier alpha value is -1.21. The Morgan fingerprint density at radius 1 is 1.31 bits per heavy atom. The number of halogens is 2. The van der Waals surface area contributed by atoms with Crippen LogP contribution < -0.4 is 10.6 Å². The average Bonchev–Trinajstić information content (AvgIpc) is 3.05. The molecule has 0 bridgehead atoms. The molecule has 4 nitrogen and oxygen atoms in total. The van der Waals surface area contributed by atoms with Crippen molar-refractivity contribution >= 4 is 68.7 Å². The van der Waals surface area contributed by atoms with Gasteiger partial charge in [-0.15, -0.1) is 23.1 Å². The van der Waals surface area contributed by atoms with E-state index in [2.05, 4.69) is 30.5 Å². The molecular formula is C18H19Cl2N3OS2. The van der Waals surface area contributed by atoms with E-state index in [1.54, 1.807) is 29.5 Å². The van der Waals surface area contributed by atoms with E-state index in [9.17, 15) is 4.79 Å². The number of nitrogens with one attached hydrogen (secondary N) is 2. The maximum Gasteiger partial charge on any atom is 0.234 e. The van der Waals surface area contributed by atoms with Gasteiger partial charge < -0.3 is 10.6 Å². The van der Waals surface area contributed by atoms with Crippen LogP contribution in [0.2, 0.25) is 10.0 Å². The number of anilines is 2. The highest BCUT2D eigenvalue weighted by Crippen LogP contribution is 2.43. The number of carbonyl (C=O) groups is 1. The molecule has 8 heteroatoms. The van der Waals surface area contributed by atoms with Gasteiger partial charge in [-0.2, -0.15) is 0 Å². The zero-order valence-corrected chi connectivity index (χ0v) is 17.6. The zero-order chi connectivity index (χ0) is 18.7. The summed E-state index contributed by atoms with van der Waals surface area (Å²) < 4.78 is 0. The molecule has 1 aromatic heterocycles. The van der Waals surface area contributed by atoms with Gasteiger partial charge in [-0.25, -0.2) is 0 Å². The molecule has 2 heterocycles. The van der Waals surface area contributed by atoms with Crippen LogP contribution in [0.3, 0.4) is 0 Å². The second-order valence-corrected chi connectivity index (χ2v) is 8.79. The fraction of sp³-hybridized carbons (Fsp3) is 0.333. The highest BCUT2D eigenvalue weighted by Gasteiger charge is 2.24. The number of aryl methyl sites for hydroxylation is 1. The molecule has 138 valence electrons. The quantitative estimate of drug-likeness (QED) is 0.574. The lowest BCUT2D eigenvalue weighted by Crippen LogP contribution is -2.19. The molecule has 1 aliphatic heterocycles. The van der Waals surface area contributed by atoms with Gasteiger partial charge >= 0.3 is 0 Å². The van der Waals surface area contributed by atoms with Crippen LogP contribution in [0.25, 0.3) is 0 Å². The van der Waals surface area contributed by atoms with Gasteiger partial charge in [-0.1, -0.05) is 37.0 Å². The second kappa shape index (κ2) is 8.65. The number of hydrogen-bond donors (Lipinski definition) is 2. The van der Waals surface area contributed by atoms with Gasteiger partial charge in [-0.05, 0) is 30.7 Å². The van der Waals surface area contributed by atoms with Crippen LogP contribution in [-0.4, -0.2) is 17.5 Å². The molecule has 1 unspecified atom stereocenters. The Morgan fingerprint density at radius 3 is 2.81 bits per heavy atom. The number of benzene rings is 1. The van der Waals surface area contributed by atoms with Crippen molar-refractivity contribution in [2.24, 2.45) is 4.99 Å². The Labute approximate surface area is 171 Å². The molecule has 3 rings (SSSR count). The Morgan fingerprint density at radius 2 is 2.12 bits per heavy atom. The Balaban J connectivity index is 1.67. The van der Waals surface area contributed by atoms with Gasteiger partial charge in [-0.3, -0.25) is 9.79 Å². The lowest BCUT2D eigenvalue weighted by Gasteiger charge is -2.21. The van der Waals surface area contributed by atoms with Crippen molar-refractivity contribution in [2.45, 2.75) is 32.1 Å². The van der Waals surface area contributed by atoms with E-state index < -0.39 is 0 Å². The summed E-state index contributed by atoms with van der Waals surface area (Å²) in [6.45, 7) is 4.21. The van der Waals surface area contributed by atoms with E-state index in [1.807, 2.05) is 0 Å². The Kier molecular flexibility index (Phi) is 6.51. The molecule has 1 atom stereocenters. The number of aliphatic imine (C=N–C) groups is 1. The maximum absolute atomic E-state index is 12.3. The smallest absolute Gasteiger partial charge is 0.234 e. The summed E-state index contributed by atoms with van der Waals surface area (Å²) in [7, 11) is 0. The van der Waals surface area contributed by atoms with Gasteiger partial charge in [0.2, 0.25) is 5.91 Å². The summed E-state index contributed by atoms with van der Waals surface area (Å²) in [6, 6.07) is 7.20. The largest absolute Gasteiger partial charge is 0.335 e. The van der Waals surface area contributed by atoms with E-state index in [0.717, 1.165) is 29.2 Å². The Bertz CT molecular complexity index is 851. The summed E-state index contributed by atoms with van der Waals surface area (Å²) in [5.41, 5.74) is 1.72. The van der Waals surface area contributed by atoms with Crippen LogP contribution in [0.15, 0.2) is 29.3 Å². The fourth-order valence-electron chi connectivity index (χ4n) is 2.53. The summed E-state index contributed by atoms with van der Waals surface area (Å²) in [5.74, 6) is 1.14. The van der Waals surface area contributed by atoms with Crippen molar-refractivity contribution in [3.05, 3.63) is 44.8 Å². The average molecular weight is 428 g/mol. The summed E-state index contributed by atoms with van der Waals surface area (Å²) in [5, 5.41) is 8.27. The summed E-state index contributed by atoms with van der Waals surface area (Å²) in [4.78, 5) is 18.4. The van der Waals surface area contributed by atoms with E-state index in [-0.39, 0.29) is 11.3 Å². The topological polar surface area (TPSA) is 53.5 Å². The molecule has 0 spiro atoms. The lowest BCUT2D eigenvalue weighted by atomic mass is 10.2. The van der Waals surface area contributed by atoms with Gasteiger partial charge in [0.1, 0.15) is 16.2 Å². The molecule has 2 aromatic rings. The first-order chi connectivity index (χ1) is 12.5. The van der Waals surface area contributed by atoms with Crippen LogP contribution in [0, 0.1) is 0 Å². The van der Waals surface area contributed by atoms with Crippen LogP contribution in [0.1, 0.15) is 36.1 Å². The maximum atomic E-state index is 12.3. The number of amidine groups is 1. The highest BCUT2D eigenvalue weighted by molar-refractivity contribution is 8.00. The molecule has 1 aromatic carbocycles. The lowest BCUT2D eigenvalue weighted by molar-refractivity contribution is -0.113. The van der Waals surface area contributed by atoms with Crippen LogP contribution >= 0.6 is 46.3 Å². The molecule has 0 aliphatic carbocycles. The van der Waals surface area contributed by atoms with Crippen LogP contribution in [0.4, 0.5) is 10.7 Å². The van der Waals surface area contributed by atoms with E-state index >= 15 is 0 Å². The van der Waals surface area contributed by atoms with E-state index in [1.165, 1.54) is 16.6 Å². The minimum Gasteiger partial charge on any atom is -0.335 e. The molecule has 0 fully saturated rings. The number of amides is 1. The summed E-state index contributed by atoms with van der Waals surface area (Å²) in [6.07, 6.45) is 1.83. The number of thiophene rings is 1. The minimum atomic E-state index is -0.113. The van der Waals surface area contributed by atoms with Crippen molar-refractivity contribution < 1.29 is 4.79 Å². The molecule has 0 saturated heterocycles. The van der Waals surface area contributed by atoms with Crippen molar-refractivity contribution in [1.29, 1.82) is 0 Å². The van der Waals surface area contributed by atoms with Gasteiger partial charge in [0, 0.05) is 21.9 Å². The third kappa shape index (κ3) is 4.55. The number of nitrogens with zero attached hydrogens (tertiary/aromatic N) is 1. The molecule has 0 saturated carbocycles. The molecule has 2 N–H and O–H groups in total. The monoisotopic (exact) mass is 427 g/mol. The van der Waals surface area contributed by atoms with Gasteiger partial charge in [0.05, 0.1) is 16.5 Å². The first kappa shape index (κ1) is 19.5. The number of thioether (sulfide) groups is 1. The highest BCUT2D eigenvalue weighted by atomic mass is 35.5. The number of carbonyl (C=O) groups excluding carboxylic acids is 1. The summed E-state index contributed by atoms with van der Waals surface area (Å²) >= 11 is 15.3. The normalized spacial score (nSPS) is 15.8. The van der Waals surface area contributed by atoms with Gasteiger partial charge in [0.15, 0.2) is 0 Å². The molecular weight excluding hydrogens is 409 g/mol. The molecule has 1 amide bonds. The minimum absolute atomic E-state index is 0.0656. The number of fused-ring (bicyclic) bond motifs is 1. The standard InChI is InChI=1S/C18H19Cl2N3OS2/c1-3-11-8-12-17(22-15(4-2)23-18(12)26-11)25-9-16(24)21-14-6-5-10(19)7-13(14)20/h5-8,17H,3-4,9H2,1-2H3,(H,21,24)(H,22,23). The molecule has 0 radical (unpaired) electrons. The molecule has 1 aliphatic rings. The van der Waals surface area contributed by atoms with Crippen molar-refractivity contribution in [2.75, 3.05) is 16.4 Å². The number of hydrogen-bond acceptors (Lipinski definition) is 5. The van der Waals surface area contributed by atoms with Crippen LogP contribution in [0.5, 0.6) is 0 Å². The van der Waals surface area contributed by atoms with Crippen molar-refractivity contribution in [3.63, 3.8) is 0 Å². The second-order valence-electron chi connectivity index (χ2n) is 5.74. The third-order valence-corrected chi connectivity index (χ3v) is 6.73. The predicted molar refractivity (Wildman–Crippen MR) is 115 cm³/mol. The van der Waals surface area contributed by atoms with E-state index in [0.29, 0.717) is 21.5 Å². The van der Waals surface area contributed by atoms with Gasteiger partial charge in [0.25, 0.3) is 0 Å². The van der Waals surface area contributed by atoms with Crippen molar-refractivity contribution in [3.8, 4) is 0 Å². The van der Waals surface area contributed by atoms with Crippen molar-refractivity contribution in [1.82, 2.24) is 0 Å². The van der Waals surface area contributed by atoms with E-state index in [4.69, 9.17) is 28.2 Å². The molecule has 26 heavy (non-hydrogen) atoms. The first-order valence-corrected chi connectivity index (χ1v) is 10.9. The van der Waals surface area contributed by atoms with Crippen LogP contribution in [-0.2, 0) is 11.2 Å². The fourth-order valence-corrected chi connectivity index (χ4v) is 5.06. The predicted octanol–water partition coefficient (Wildman–Crippen LogP) is 6.22. The first-order valence-electron chi connectivity index (χ1n) is 8.33. The zero-order valence-electron chi connectivity index (χ0n) is 14.4. The third-order valence-electron chi connectivity index (χ3n) is 3.87.